The number of thiophene rings is 1. The van der Waals surface area contributed by atoms with E-state index in [1.54, 1.807) is 12.1 Å². The molecule has 0 saturated carbocycles. The first-order chi connectivity index (χ1) is 7.88. The first kappa shape index (κ1) is 14.0. The average Bonchev–Trinajstić information content (AvgIpc) is 2.62. The van der Waals surface area contributed by atoms with Gasteiger partial charge in [0.15, 0.2) is 0 Å². The lowest BCUT2D eigenvalue weighted by Gasteiger charge is -2.07. The number of ether oxygens (including phenoxy) is 1. The molecule has 0 unspecified atom stereocenters. The minimum absolute atomic E-state index is 0.0614. The van der Waals surface area contributed by atoms with Crippen LogP contribution in [-0.2, 0) is 4.74 Å². The lowest BCUT2D eigenvalue weighted by Crippen LogP contribution is -2.28. The van der Waals surface area contributed by atoms with Gasteiger partial charge in [-0.1, -0.05) is 0 Å². The molecule has 0 aliphatic carbocycles. The molecule has 0 radical (unpaired) electrons. The zero-order chi connectivity index (χ0) is 12.9. The lowest BCUT2D eigenvalue weighted by atomic mass is 10.4. The Morgan fingerprint density at radius 1 is 1.47 bits per heavy atom. The van der Waals surface area contributed by atoms with Gasteiger partial charge in [0.25, 0.3) is 5.91 Å². The summed E-state index contributed by atoms with van der Waals surface area (Å²) in [6, 6.07) is 3.48. The molecule has 0 spiro atoms. The Hall–Kier alpha value is -1.08. The topological polar surface area (TPSA) is 38.3 Å². The molecule has 17 heavy (non-hydrogen) atoms. The van der Waals surface area contributed by atoms with Gasteiger partial charge in [-0.3, -0.25) is 4.79 Å². The van der Waals surface area contributed by atoms with Crippen LogP contribution < -0.4 is 5.32 Å². The summed E-state index contributed by atoms with van der Waals surface area (Å²) in [7, 11) is 0. The van der Waals surface area contributed by atoms with Crippen molar-refractivity contribution in [3.63, 3.8) is 0 Å². The minimum atomic E-state index is -4.32. The molecule has 1 rings (SSSR count). The van der Waals surface area contributed by atoms with E-state index in [0.29, 0.717) is 4.88 Å². The van der Waals surface area contributed by atoms with Gasteiger partial charge in [0.05, 0.1) is 11.5 Å². The Labute approximate surface area is 101 Å². The van der Waals surface area contributed by atoms with Gasteiger partial charge in [0.1, 0.15) is 6.61 Å². The molecule has 1 aromatic rings. The van der Waals surface area contributed by atoms with E-state index in [2.05, 4.69) is 10.1 Å². The number of carbonyl (C=O) groups excluding carboxylic acids is 1. The van der Waals surface area contributed by atoms with E-state index in [1.165, 1.54) is 11.3 Å². The molecule has 0 aromatic carbocycles. The highest BCUT2D eigenvalue weighted by Gasteiger charge is 2.27. The third-order valence-electron chi connectivity index (χ3n) is 1.76. The van der Waals surface area contributed by atoms with Crippen molar-refractivity contribution < 1.29 is 22.7 Å². The molecular weight excluding hydrogens is 255 g/mol. The summed E-state index contributed by atoms with van der Waals surface area (Å²) < 4.78 is 39.4. The molecular formula is C10H12F3NO2S. The summed E-state index contributed by atoms with van der Waals surface area (Å²) in [5.74, 6) is -0.293. The standard InChI is InChI=1S/C10H12F3NO2S/c1-7-2-3-8(17-7)9(15)14-4-5-16-6-10(11,12)13/h2-3H,4-6H2,1H3,(H,14,15). The predicted molar refractivity (Wildman–Crippen MR) is 58.3 cm³/mol. The Morgan fingerprint density at radius 3 is 2.71 bits per heavy atom. The van der Waals surface area contributed by atoms with E-state index in [-0.39, 0.29) is 19.1 Å². The molecule has 96 valence electrons. The van der Waals surface area contributed by atoms with Gasteiger partial charge in [-0.15, -0.1) is 11.3 Å². The van der Waals surface area contributed by atoms with E-state index in [1.807, 2.05) is 6.92 Å². The molecule has 0 fully saturated rings. The highest BCUT2D eigenvalue weighted by Crippen LogP contribution is 2.15. The van der Waals surface area contributed by atoms with Crippen molar-refractivity contribution in [3.05, 3.63) is 21.9 Å². The Bertz CT molecular complexity index is 376. The van der Waals surface area contributed by atoms with Crippen molar-refractivity contribution >= 4 is 17.2 Å². The summed E-state index contributed by atoms with van der Waals surface area (Å²) in [4.78, 5) is 13.0. The molecule has 1 aromatic heterocycles. The van der Waals surface area contributed by atoms with Crippen LogP contribution in [0.5, 0.6) is 0 Å². The number of aryl methyl sites for hydroxylation is 1. The smallest absolute Gasteiger partial charge is 0.370 e. The van der Waals surface area contributed by atoms with Gasteiger partial charge >= 0.3 is 6.18 Å². The van der Waals surface area contributed by atoms with E-state index >= 15 is 0 Å². The molecule has 1 heterocycles. The largest absolute Gasteiger partial charge is 0.411 e. The van der Waals surface area contributed by atoms with Crippen LogP contribution >= 0.6 is 11.3 Å². The van der Waals surface area contributed by atoms with Crippen LogP contribution in [0.1, 0.15) is 14.5 Å². The van der Waals surface area contributed by atoms with Gasteiger partial charge in [0, 0.05) is 11.4 Å². The van der Waals surface area contributed by atoms with Crippen molar-refractivity contribution in [2.45, 2.75) is 13.1 Å². The summed E-state index contributed by atoms with van der Waals surface area (Å²) >= 11 is 1.33. The lowest BCUT2D eigenvalue weighted by molar-refractivity contribution is -0.173. The third-order valence-corrected chi connectivity index (χ3v) is 2.76. The number of amides is 1. The number of halogens is 3. The van der Waals surface area contributed by atoms with E-state index in [9.17, 15) is 18.0 Å². The number of rotatable bonds is 5. The minimum Gasteiger partial charge on any atom is -0.370 e. The van der Waals surface area contributed by atoms with Crippen LogP contribution in [0, 0.1) is 6.92 Å². The van der Waals surface area contributed by atoms with Crippen molar-refractivity contribution in [3.8, 4) is 0 Å². The Kier molecular flexibility index (Phi) is 4.95. The van der Waals surface area contributed by atoms with Crippen LogP contribution in [0.3, 0.4) is 0 Å². The molecule has 1 amide bonds. The molecule has 7 heteroatoms. The quantitative estimate of drug-likeness (QED) is 0.832. The second-order valence-electron chi connectivity index (χ2n) is 3.33. The highest BCUT2D eigenvalue weighted by atomic mass is 32.1. The number of hydrogen-bond acceptors (Lipinski definition) is 3. The van der Waals surface area contributed by atoms with E-state index in [0.717, 1.165) is 4.88 Å². The maximum absolute atomic E-state index is 11.7. The van der Waals surface area contributed by atoms with Crippen LogP contribution in [0.25, 0.3) is 0 Å². The number of carbonyl (C=O) groups is 1. The fourth-order valence-corrected chi connectivity index (χ4v) is 1.85. The molecule has 0 aliphatic rings. The van der Waals surface area contributed by atoms with Crippen LogP contribution in [0.4, 0.5) is 13.2 Å². The molecule has 0 aliphatic heterocycles. The monoisotopic (exact) mass is 267 g/mol. The molecule has 0 atom stereocenters. The number of alkyl halides is 3. The Balaban J connectivity index is 2.17. The van der Waals surface area contributed by atoms with Gasteiger partial charge in [-0.05, 0) is 19.1 Å². The maximum Gasteiger partial charge on any atom is 0.411 e. The summed E-state index contributed by atoms with van der Waals surface area (Å²) in [5, 5.41) is 2.48. The third kappa shape index (κ3) is 5.69. The molecule has 0 saturated heterocycles. The number of nitrogens with one attached hydrogen (secondary N) is 1. The van der Waals surface area contributed by atoms with Gasteiger partial charge in [-0.25, -0.2) is 0 Å². The van der Waals surface area contributed by atoms with Gasteiger partial charge in [-0.2, -0.15) is 13.2 Å². The summed E-state index contributed by atoms with van der Waals surface area (Å²) in [6.07, 6.45) is -4.32. The van der Waals surface area contributed by atoms with Crippen LogP contribution in [0.2, 0.25) is 0 Å². The van der Waals surface area contributed by atoms with Crippen LogP contribution in [0.15, 0.2) is 12.1 Å². The summed E-state index contributed by atoms with van der Waals surface area (Å²) in [5.41, 5.74) is 0. The zero-order valence-electron chi connectivity index (χ0n) is 9.13. The fourth-order valence-electron chi connectivity index (χ4n) is 1.07. The Morgan fingerprint density at radius 2 is 2.18 bits per heavy atom. The molecule has 1 N–H and O–H groups in total. The maximum atomic E-state index is 11.7. The first-order valence-electron chi connectivity index (χ1n) is 4.87. The number of hydrogen-bond donors (Lipinski definition) is 1. The van der Waals surface area contributed by atoms with Crippen molar-refractivity contribution in [1.82, 2.24) is 5.32 Å². The second kappa shape index (κ2) is 6.02. The first-order valence-corrected chi connectivity index (χ1v) is 5.69. The average molecular weight is 267 g/mol. The fraction of sp³-hybridized carbons (Fsp3) is 0.500. The van der Waals surface area contributed by atoms with Gasteiger partial charge in [0.2, 0.25) is 0 Å². The molecule has 3 nitrogen and oxygen atoms in total. The second-order valence-corrected chi connectivity index (χ2v) is 4.62. The van der Waals surface area contributed by atoms with Crippen molar-refractivity contribution in [2.75, 3.05) is 19.8 Å². The molecule has 0 bridgehead atoms. The zero-order valence-corrected chi connectivity index (χ0v) is 9.95. The van der Waals surface area contributed by atoms with E-state index < -0.39 is 12.8 Å². The van der Waals surface area contributed by atoms with E-state index in [4.69, 9.17) is 0 Å². The normalized spacial score (nSPS) is 11.5. The highest BCUT2D eigenvalue weighted by molar-refractivity contribution is 7.13. The summed E-state index contributed by atoms with van der Waals surface area (Å²) in [6.45, 7) is 0.482. The predicted octanol–water partition coefficient (Wildman–Crippen LogP) is 2.37. The van der Waals surface area contributed by atoms with Crippen molar-refractivity contribution in [2.24, 2.45) is 0 Å². The van der Waals surface area contributed by atoms with Gasteiger partial charge < -0.3 is 10.1 Å². The van der Waals surface area contributed by atoms with Crippen LogP contribution in [-0.4, -0.2) is 31.8 Å². The van der Waals surface area contributed by atoms with Crippen molar-refractivity contribution in [1.29, 1.82) is 0 Å². The SMILES string of the molecule is Cc1ccc(C(=O)NCCOCC(F)(F)F)s1.